The molecule has 0 saturated heterocycles. The quantitative estimate of drug-likeness (QED) is 0.524. The van der Waals surface area contributed by atoms with Crippen LogP contribution in [0.3, 0.4) is 0 Å². The van der Waals surface area contributed by atoms with E-state index >= 15 is 0 Å². The second-order valence-electron chi connectivity index (χ2n) is 1.52. The van der Waals surface area contributed by atoms with Crippen LogP contribution in [0.15, 0.2) is 0 Å². The summed E-state index contributed by atoms with van der Waals surface area (Å²) in [5, 5.41) is 0. The van der Waals surface area contributed by atoms with E-state index in [1.165, 1.54) is 7.05 Å². The molecule has 0 bridgehead atoms. The van der Waals surface area contributed by atoms with Gasteiger partial charge < -0.3 is 0 Å². The van der Waals surface area contributed by atoms with Gasteiger partial charge in [0.15, 0.2) is 0 Å². The average Bonchev–Trinajstić information content (AvgIpc) is 1.67. The van der Waals surface area contributed by atoms with Crippen LogP contribution in [0, 0.1) is 0 Å². The van der Waals surface area contributed by atoms with E-state index in [1.807, 2.05) is 0 Å². The van der Waals surface area contributed by atoms with Crippen molar-refractivity contribution in [3.8, 4) is 0 Å². The Morgan fingerprint density at radius 1 is 1.62 bits per heavy atom. The van der Waals surface area contributed by atoms with Crippen LogP contribution in [0.25, 0.3) is 0 Å². The van der Waals surface area contributed by atoms with Gasteiger partial charge in [-0.1, -0.05) is 0 Å². The molecule has 0 saturated carbocycles. The van der Waals surface area contributed by atoms with Gasteiger partial charge in [0.1, 0.15) is 0 Å². The molecule has 0 unspecified atom stereocenters. The van der Waals surface area contributed by atoms with Gasteiger partial charge in [0, 0.05) is 0 Å². The van der Waals surface area contributed by atoms with Gasteiger partial charge in [-0.05, 0) is 0 Å². The first-order valence-electron chi connectivity index (χ1n) is 2.53. The van der Waals surface area contributed by atoms with Crippen molar-refractivity contribution in [3.05, 3.63) is 0 Å². The summed E-state index contributed by atoms with van der Waals surface area (Å²) < 4.78 is 24.1. The number of hydrogen-bond acceptors (Lipinski definition) is 2. The van der Waals surface area contributed by atoms with Crippen LogP contribution in [0.2, 0.25) is 3.67 Å². The standard InChI is InChI=1S/C3H8NO2S.Na/c1-3-7(5,6)4-2;/h4H,1,3H2,2H3;. The van der Waals surface area contributed by atoms with Crippen molar-refractivity contribution in [2.45, 2.75) is 3.67 Å². The molecule has 0 aliphatic rings. The van der Waals surface area contributed by atoms with Gasteiger partial charge >= 0.3 is 67.6 Å². The normalized spacial score (nSPS) is 11.9. The van der Waals surface area contributed by atoms with E-state index in [-0.39, 0.29) is 5.75 Å². The molecule has 3 nitrogen and oxygen atoms in total. The molecule has 0 aliphatic carbocycles. The molecule has 44 valence electrons. The summed E-state index contributed by atoms with van der Waals surface area (Å²) in [4.78, 5) is 0. The molecular formula is C3H8NNaO2S. The number of hydrogen-bond donors (Lipinski definition) is 1. The molecular weight excluding hydrogens is 137 g/mol. The molecule has 0 aromatic heterocycles. The summed E-state index contributed by atoms with van der Waals surface area (Å²) in [5.41, 5.74) is 0. The van der Waals surface area contributed by atoms with Gasteiger partial charge in [-0.3, -0.25) is 0 Å². The van der Waals surface area contributed by atoms with Crippen molar-refractivity contribution >= 4 is 38.0 Å². The minimum absolute atomic E-state index is 0.287. The molecule has 0 aliphatic heterocycles. The second-order valence-corrected chi connectivity index (χ2v) is 4.57. The zero-order valence-electron chi connectivity index (χ0n) is 5.14. The van der Waals surface area contributed by atoms with Gasteiger partial charge in [0.2, 0.25) is 0 Å². The molecule has 0 fully saturated rings. The summed E-state index contributed by atoms with van der Waals surface area (Å²) in [5.74, 6) is 0.287. The zero-order chi connectivity index (χ0) is 6.62. The third kappa shape index (κ3) is 3.86. The molecule has 0 atom stereocenters. The van der Waals surface area contributed by atoms with Crippen LogP contribution >= 0.6 is 0 Å². The SMILES string of the molecule is CNS(=O)(=O)C[CH2][Na]. The molecule has 0 spiro atoms. The Morgan fingerprint density at radius 2 is 2.12 bits per heavy atom. The fraction of sp³-hybridized carbons (Fsp3) is 1.00. The van der Waals surface area contributed by atoms with Crippen LogP contribution in [-0.2, 0) is 10.0 Å². The average molecular weight is 145 g/mol. The summed E-state index contributed by atoms with van der Waals surface area (Å²) in [6.07, 6.45) is 0. The second kappa shape index (κ2) is 3.85. The van der Waals surface area contributed by atoms with Crippen molar-refractivity contribution < 1.29 is 8.42 Å². The van der Waals surface area contributed by atoms with E-state index in [0.29, 0.717) is 0 Å². The van der Waals surface area contributed by atoms with Crippen molar-refractivity contribution in [3.63, 3.8) is 0 Å². The van der Waals surface area contributed by atoms with E-state index in [4.69, 9.17) is 0 Å². The van der Waals surface area contributed by atoms with E-state index in [9.17, 15) is 8.42 Å². The molecule has 5 heteroatoms. The fourth-order valence-electron chi connectivity index (χ4n) is 0.371. The molecule has 0 heterocycles. The Hall–Kier alpha value is 0.910. The van der Waals surface area contributed by atoms with Crippen molar-refractivity contribution in [1.82, 2.24) is 4.72 Å². The van der Waals surface area contributed by atoms with Gasteiger partial charge in [0.25, 0.3) is 0 Å². The van der Waals surface area contributed by atoms with Crippen molar-refractivity contribution in [2.75, 3.05) is 12.8 Å². The molecule has 0 radical (unpaired) electrons. The fourth-order valence-corrected chi connectivity index (χ4v) is 2.72. The molecule has 8 heavy (non-hydrogen) atoms. The Bertz CT molecular complexity index is 141. The third-order valence-electron chi connectivity index (χ3n) is 0.784. The number of rotatable bonds is 3. The third-order valence-corrected chi connectivity index (χ3v) is 3.58. The van der Waals surface area contributed by atoms with Crippen LogP contribution in [0.5, 0.6) is 0 Å². The van der Waals surface area contributed by atoms with Gasteiger partial charge in [-0.15, -0.1) is 0 Å². The Labute approximate surface area is 67.3 Å². The van der Waals surface area contributed by atoms with E-state index < -0.39 is 10.0 Å². The Morgan fingerprint density at radius 3 is 2.25 bits per heavy atom. The summed E-state index contributed by atoms with van der Waals surface area (Å²) >= 11 is 0.955. The zero-order valence-corrected chi connectivity index (χ0v) is 7.96. The predicted octanol–water partition coefficient (Wildman–Crippen LogP) is -0.878. The van der Waals surface area contributed by atoms with E-state index in [0.717, 1.165) is 31.6 Å². The number of nitrogens with one attached hydrogen (secondary N) is 1. The number of sulfonamides is 1. The molecule has 0 rings (SSSR count). The van der Waals surface area contributed by atoms with Crippen molar-refractivity contribution in [1.29, 1.82) is 0 Å². The van der Waals surface area contributed by atoms with E-state index in [1.54, 1.807) is 0 Å². The molecule has 0 aromatic carbocycles. The predicted molar refractivity (Wildman–Crippen MR) is 33.4 cm³/mol. The summed E-state index contributed by atoms with van der Waals surface area (Å²) in [6.45, 7) is 0. The summed E-state index contributed by atoms with van der Waals surface area (Å²) in [7, 11) is -1.45. The molecule has 1 N–H and O–H groups in total. The maximum absolute atomic E-state index is 10.5. The van der Waals surface area contributed by atoms with Gasteiger partial charge in [-0.2, -0.15) is 0 Å². The first-order chi connectivity index (χ1) is 3.62. The summed E-state index contributed by atoms with van der Waals surface area (Å²) in [6, 6.07) is 0. The Balaban J connectivity index is 3.76. The van der Waals surface area contributed by atoms with Crippen LogP contribution < -0.4 is 4.72 Å². The maximum atomic E-state index is 10.5. The Kier molecular flexibility index (Phi) is 4.28. The first-order valence-corrected chi connectivity index (χ1v) is 5.60. The monoisotopic (exact) mass is 145 g/mol. The van der Waals surface area contributed by atoms with Crippen LogP contribution in [0.4, 0.5) is 0 Å². The minimum atomic E-state index is -2.88. The van der Waals surface area contributed by atoms with Gasteiger partial charge in [-0.25, -0.2) is 0 Å². The van der Waals surface area contributed by atoms with Crippen LogP contribution in [0.1, 0.15) is 0 Å². The van der Waals surface area contributed by atoms with Crippen LogP contribution in [-0.4, -0.2) is 49.1 Å². The molecule has 0 amide bonds. The molecule has 0 aromatic rings. The van der Waals surface area contributed by atoms with Gasteiger partial charge in [0.05, 0.1) is 0 Å². The van der Waals surface area contributed by atoms with Crippen molar-refractivity contribution in [2.24, 2.45) is 0 Å². The first kappa shape index (κ1) is 8.91. The topological polar surface area (TPSA) is 46.2 Å². The van der Waals surface area contributed by atoms with E-state index in [2.05, 4.69) is 4.72 Å².